The van der Waals surface area contributed by atoms with Gasteiger partial charge in [0.05, 0.1) is 0 Å². The van der Waals surface area contributed by atoms with Crippen LogP contribution in [0.5, 0.6) is 0 Å². The standard InChI is InChI=1S/C19H26N4.HI/c1-20-19(21-13-16-7-5-4-6-8-16)22-14-17-9-11-18(12-10-17)15-23(2)3;/h4-12H,13-15H2,1-3H3,(H2,20,21,22);1H. The molecular formula is C19H27IN4. The highest BCUT2D eigenvalue weighted by Crippen LogP contribution is 2.06. The maximum atomic E-state index is 4.26. The third-order valence-electron chi connectivity index (χ3n) is 3.51. The average Bonchev–Trinajstić information content (AvgIpc) is 2.57. The Morgan fingerprint density at radius 1 is 0.833 bits per heavy atom. The number of hydrogen-bond donors (Lipinski definition) is 2. The van der Waals surface area contributed by atoms with Gasteiger partial charge in [-0.1, -0.05) is 54.6 Å². The van der Waals surface area contributed by atoms with Crippen molar-refractivity contribution in [3.8, 4) is 0 Å². The van der Waals surface area contributed by atoms with Crippen molar-refractivity contribution < 1.29 is 0 Å². The Morgan fingerprint density at radius 2 is 1.33 bits per heavy atom. The van der Waals surface area contributed by atoms with E-state index in [9.17, 15) is 0 Å². The van der Waals surface area contributed by atoms with E-state index in [2.05, 4.69) is 71.0 Å². The molecule has 130 valence electrons. The van der Waals surface area contributed by atoms with Crippen LogP contribution in [-0.4, -0.2) is 32.0 Å². The molecule has 24 heavy (non-hydrogen) atoms. The Kier molecular flexibility index (Phi) is 9.41. The highest BCUT2D eigenvalue weighted by atomic mass is 127. The molecule has 0 atom stereocenters. The van der Waals surface area contributed by atoms with Crippen LogP contribution in [0.1, 0.15) is 16.7 Å². The Balaban J connectivity index is 0.00000288. The minimum Gasteiger partial charge on any atom is -0.352 e. The minimum absolute atomic E-state index is 0. The molecule has 4 nitrogen and oxygen atoms in total. The van der Waals surface area contributed by atoms with Crippen molar-refractivity contribution >= 4 is 29.9 Å². The smallest absolute Gasteiger partial charge is 0.191 e. The van der Waals surface area contributed by atoms with Gasteiger partial charge in [-0.3, -0.25) is 4.99 Å². The lowest BCUT2D eigenvalue weighted by Crippen LogP contribution is -2.36. The summed E-state index contributed by atoms with van der Waals surface area (Å²) in [4.78, 5) is 6.43. The maximum Gasteiger partial charge on any atom is 0.191 e. The first-order valence-corrected chi connectivity index (χ1v) is 7.88. The van der Waals surface area contributed by atoms with Crippen molar-refractivity contribution in [2.24, 2.45) is 4.99 Å². The number of benzene rings is 2. The van der Waals surface area contributed by atoms with E-state index in [1.54, 1.807) is 7.05 Å². The zero-order valence-corrected chi connectivity index (χ0v) is 17.0. The molecule has 0 bridgehead atoms. The van der Waals surface area contributed by atoms with Crippen LogP contribution < -0.4 is 10.6 Å². The summed E-state index contributed by atoms with van der Waals surface area (Å²) in [5, 5.41) is 6.67. The van der Waals surface area contributed by atoms with Crippen LogP contribution in [0.3, 0.4) is 0 Å². The van der Waals surface area contributed by atoms with Gasteiger partial charge in [0.15, 0.2) is 5.96 Å². The Hall–Kier alpha value is -1.60. The van der Waals surface area contributed by atoms with E-state index < -0.39 is 0 Å². The van der Waals surface area contributed by atoms with Crippen LogP contribution >= 0.6 is 24.0 Å². The van der Waals surface area contributed by atoms with Gasteiger partial charge in [0.1, 0.15) is 0 Å². The lowest BCUT2D eigenvalue weighted by Gasteiger charge is -2.13. The summed E-state index contributed by atoms with van der Waals surface area (Å²) in [6.07, 6.45) is 0. The molecule has 0 aliphatic carbocycles. The van der Waals surface area contributed by atoms with E-state index in [0.717, 1.165) is 25.6 Å². The molecular weight excluding hydrogens is 411 g/mol. The molecule has 5 heteroatoms. The van der Waals surface area contributed by atoms with Gasteiger partial charge in [0.2, 0.25) is 0 Å². The van der Waals surface area contributed by atoms with E-state index >= 15 is 0 Å². The molecule has 2 N–H and O–H groups in total. The molecule has 2 aromatic carbocycles. The first kappa shape index (κ1) is 20.4. The number of nitrogens with zero attached hydrogens (tertiary/aromatic N) is 2. The first-order chi connectivity index (χ1) is 11.2. The summed E-state index contributed by atoms with van der Waals surface area (Å²) >= 11 is 0. The van der Waals surface area contributed by atoms with Gasteiger partial charge < -0.3 is 15.5 Å². The minimum atomic E-state index is 0. The predicted molar refractivity (Wildman–Crippen MR) is 113 cm³/mol. The lowest BCUT2D eigenvalue weighted by atomic mass is 10.1. The Labute approximate surface area is 162 Å². The molecule has 2 rings (SSSR count). The lowest BCUT2D eigenvalue weighted by molar-refractivity contribution is 0.402. The molecule has 2 aromatic rings. The molecule has 0 spiro atoms. The van der Waals surface area contributed by atoms with Crippen molar-refractivity contribution in [3.63, 3.8) is 0 Å². The fourth-order valence-corrected chi connectivity index (χ4v) is 2.32. The monoisotopic (exact) mass is 438 g/mol. The number of rotatable bonds is 6. The average molecular weight is 438 g/mol. The van der Waals surface area contributed by atoms with E-state index in [1.165, 1.54) is 16.7 Å². The first-order valence-electron chi connectivity index (χ1n) is 7.88. The van der Waals surface area contributed by atoms with Crippen LogP contribution in [0.25, 0.3) is 0 Å². The fraction of sp³-hybridized carbons (Fsp3) is 0.316. The van der Waals surface area contributed by atoms with E-state index in [1.807, 2.05) is 18.2 Å². The highest BCUT2D eigenvalue weighted by molar-refractivity contribution is 14.0. The molecule has 0 heterocycles. The summed E-state index contributed by atoms with van der Waals surface area (Å²) in [6.45, 7) is 2.49. The molecule has 0 saturated heterocycles. The third kappa shape index (κ3) is 7.31. The van der Waals surface area contributed by atoms with Gasteiger partial charge in [0.25, 0.3) is 0 Å². The third-order valence-corrected chi connectivity index (χ3v) is 3.51. The summed E-state index contributed by atoms with van der Waals surface area (Å²) < 4.78 is 0. The van der Waals surface area contributed by atoms with Crippen LogP contribution in [0, 0.1) is 0 Å². The van der Waals surface area contributed by atoms with Crippen molar-refractivity contribution in [1.29, 1.82) is 0 Å². The Bertz CT molecular complexity index is 609. The largest absolute Gasteiger partial charge is 0.352 e. The van der Waals surface area contributed by atoms with Crippen LogP contribution in [0.2, 0.25) is 0 Å². The number of halogens is 1. The topological polar surface area (TPSA) is 39.7 Å². The second kappa shape index (κ2) is 11.0. The number of guanidine groups is 1. The van der Waals surface area contributed by atoms with E-state index in [-0.39, 0.29) is 24.0 Å². The van der Waals surface area contributed by atoms with Gasteiger partial charge in [-0.25, -0.2) is 0 Å². The van der Waals surface area contributed by atoms with Gasteiger partial charge in [0, 0.05) is 26.7 Å². The SMILES string of the molecule is CN=C(NCc1ccccc1)NCc1ccc(CN(C)C)cc1.I. The van der Waals surface area contributed by atoms with Crippen LogP contribution in [0.15, 0.2) is 59.6 Å². The van der Waals surface area contributed by atoms with Gasteiger partial charge >= 0.3 is 0 Å². The van der Waals surface area contributed by atoms with Crippen LogP contribution in [0.4, 0.5) is 0 Å². The Morgan fingerprint density at radius 3 is 1.83 bits per heavy atom. The predicted octanol–water partition coefficient (Wildman–Crippen LogP) is 3.23. The number of hydrogen-bond acceptors (Lipinski definition) is 2. The maximum absolute atomic E-state index is 4.26. The molecule has 0 aliphatic rings. The van der Waals surface area contributed by atoms with E-state index in [0.29, 0.717) is 0 Å². The second-order valence-electron chi connectivity index (χ2n) is 5.82. The normalized spacial score (nSPS) is 11.1. The summed E-state index contributed by atoms with van der Waals surface area (Å²) in [6, 6.07) is 19.0. The van der Waals surface area contributed by atoms with Crippen molar-refractivity contribution in [2.45, 2.75) is 19.6 Å². The molecule has 0 aliphatic heterocycles. The van der Waals surface area contributed by atoms with Crippen molar-refractivity contribution in [3.05, 3.63) is 71.3 Å². The summed E-state index contributed by atoms with van der Waals surface area (Å²) in [7, 11) is 5.95. The molecule has 0 radical (unpaired) electrons. The molecule has 0 saturated carbocycles. The van der Waals surface area contributed by atoms with Gasteiger partial charge in [-0.15, -0.1) is 24.0 Å². The highest BCUT2D eigenvalue weighted by Gasteiger charge is 2.00. The fourth-order valence-electron chi connectivity index (χ4n) is 2.32. The van der Waals surface area contributed by atoms with Gasteiger partial charge in [-0.05, 0) is 30.8 Å². The number of aliphatic imine (C=N–C) groups is 1. The summed E-state index contributed by atoms with van der Waals surface area (Å²) in [5.74, 6) is 0.811. The van der Waals surface area contributed by atoms with Gasteiger partial charge in [-0.2, -0.15) is 0 Å². The summed E-state index contributed by atoms with van der Waals surface area (Å²) in [5.41, 5.74) is 3.81. The molecule has 0 aromatic heterocycles. The molecule has 0 amide bonds. The molecule has 0 fully saturated rings. The van der Waals surface area contributed by atoms with Crippen molar-refractivity contribution in [1.82, 2.24) is 15.5 Å². The number of nitrogens with one attached hydrogen (secondary N) is 2. The van der Waals surface area contributed by atoms with Crippen LogP contribution in [-0.2, 0) is 19.6 Å². The zero-order chi connectivity index (χ0) is 16.5. The molecule has 0 unspecified atom stereocenters. The second-order valence-corrected chi connectivity index (χ2v) is 5.82. The zero-order valence-electron chi connectivity index (χ0n) is 14.6. The van der Waals surface area contributed by atoms with E-state index in [4.69, 9.17) is 0 Å². The quantitative estimate of drug-likeness (QED) is 0.414. The van der Waals surface area contributed by atoms with Crippen molar-refractivity contribution in [2.75, 3.05) is 21.1 Å².